The van der Waals surface area contributed by atoms with Gasteiger partial charge < -0.3 is 11.1 Å². The number of nitrogens with one attached hydrogen (secondary N) is 1. The lowest BCUT2D eigenvalue weighted by Gasteiger charge is -2.06. The molecule has 0 heterocycles. The van der Waals surface area contributed by atoms with Crippen LogP contribution in [0.15, 0.2) is 24.3 Å². The van der Waals surface area contributed by atoms with Crippen molar-refractivity contribution in [1.82, 2.24) is 0 Å². The Hall–Kier alpha value is -1.35. The van der Waals surface area contributed by atoms with Gasteiger partial charge in [0.05, 0.1) is 6.04 Å². The van der Waals surface area contributed by atoms with E-state index < -0.39 is 6.04 Å². The Balaban J connectivity index is 2.59. The minimum atomic E-state index is -0.478. The Bertz CT molecular complexity index is 256. The molecule has 1 aromatic carbocycles. The molecule has 1 radical (unpaired) electrons. The van der Waals surface area contributed by atoms with Gasteiger partial charge in [0.1, 0.15) is 0 Å². The monoisotopic (exact) mass is 163 g/mol. The Morgan fingerprint density at radius 3 is 2.67 bits per heavy atom. The summed E-state index contributed by atoms with van der Waals surface area (Å²) >= 11 is 0. The zero-order chi connectivity index (χ0) is 8.97. The highest BCUT2D eigenvalue weighted by molar-refractivity contribution is 5.94. The average molecular weight is 163 g/mol. The summed E-state index contributed by atoms with van der Waals surface area (Å²) in [5.41, 5.74) is 6.11. The summed E-state index contributed by atoms with van der Waals surface area (Å²) in [5.74, 6) is -0.179. The molecule has 0 aliphatic heterocycles. The SMILES string of the molecule is CC(N)C(=O)Nc1cc[c]cc1. The third-order valence-electron chi connectivity index (χ3n) is 1.40. The van der Waals surface area contributed by atoms with Gasteiger partial charge >= 0.3 is 0 Å². The quantitative estimate of drug-likeness (QED) is 0.676. The highest BCUT2D eigenvalue weighted by Gasteiger charge is 2.05. The van der Waals surface area contributed by atoms with Gasteiger partial charge in [0.25, 0.3) is 0 Å². The number of carbonyl (C=O) groups excluding carboxylic acids is 1. The predicted octanol–water partition coefficient (Wildman–Crippen LogP) is 0.772. The van der Waals surface area contributed by atoms with E-state index in [0.29, 0.717) is 0 Å². The van der Waals surface area contributed by atoms with Gasteiger partial charge in [-0.05, 0) is 25.1 Å². The number of hydrogen-bond acceptors (Lipinski definition) is 2. The van der Waals surface area contributed by atoms with E-state index in [2.05, 4.69) is 11.4 Å². The molecule has 0 fully saturated rings. The molecule has 3 heteroatoms. The molecule has 0 saturated heterocycles. The molecule has 1 rings (SSSR count). The molecule has 0 aliphatic carbocycles. The first-order valence-corrected chi connectivity index (χ1v) is 3.72. The lowest BCUT2D eigenvalue weighted by Crippen LogP contribution is -2.32. The van der Waals surface area contributed by atoms with E-state index in [9.17, 15) is 4.79 Å². The summed E-state index contributed by atoms with van der Waals surface area (Å²) in [6, 6.07) is 9.37. The van der Waals surface area contributed by atoms with Crippen LogP contribution in [0, 0.1) is 6.07 Å². The highest BCUT2D eigenvalue weighted by atomic mass is 16.2. The Kier molecular flexibility index (Phi) is 2.82. The van der Waals surface area contributed by atoms with E-state index in [0.717, 1.165) is 5.69 Å². The minimum Gasteiger partial charge on any atom is -0.325 e. The van der Waals surface area contributed by atoms with Gasteiger partial charge in [0, 0.05) is 5.69 Å². The van der Waals surface area contributed by atoms with Crippen molar-refractivity contribution in [3.63, 3.8) is 0 Å². The van der Waals surface area contributed by atoms with Crippen LogP contribution in [0.4, 0.5) is 5.69 Å². The maximum atomic E-state index is 11.1. The molecule has 1 atom stereocenters. The summed E-state index contributed by atoms with van der Waals surface area (Å²) in [7, 11) is 0. The van der Waals surface area contributed by atoms with Crippen molar-refractivity contribution < 1.29 is 4.79 Å². The molecule has 0 bridgehead atoms. The number of hydrogen-bond donors (Lipinski definition) is 2. The van der Waals surface area contributed by atoms with Gasteiger partial charge in [-0.25, -0.2) is 0 Å². The standard InChI is InChI=1S/C9H11N2O/c1-7(10)9(12)11-8-5-3-2-4-6-8/h3-7H,10H2,1H3,(H,11,12). The molecular formula is C9H11N2O. The van der Waals surface area contributed by atoms with Crippen LogP contribution < -0.4 is 11.1 Å². The van der Waals surface area contributed by atoms with Crippen molar-refractivity contribution in [2.24, 2.45) is 5.73 Å². The van der Waals surface area contributed by atoms with E-state index in [-0.39, 0.29) is 5.91 Å². The summed E-state index contributed by atoms with van der Waals surface area (Å²) in [5, 5.41) is 2.66. The molecule has 1 unspecified atom stereocenters. The maximum Gasteiger partial charge on any atom is 0.240 e. The van der Waals surface area contributed by atoms with E-state index in [4.69, 9.17) is 5.73 Å². The second-order valence-electron chi connectivity index (χ2n) is 2.57. The van der Waals surface area contributed by atoms with Crippen LogP contribution in [0.2, 0.25) is 0 Å². The molecule has 1 aromatic rings. The van der Waals surface area contributed by atoms with Gasteiger partial charge in [-0.3, -0.25) is 4.79 Å². The Labute approximate surface area is 71.6 Å². The van der Waals surface area contributed by atoms with Gasteiger partial charge in [-0.1, -0.05) is 12.1 Å². The van der Waals surface area contributed by atoms with Crippen molar-refractivity contribution in [2.45, 2.75) is 13.0 Å². The van der Waals surface area contributed by atoms with E-state index in [1.54, 1.807) is 31.2 Å². The normalized spacial score (nSPS) is 12.2. The first-order chi connectivity index (χ1) is 5.70. The Morgan fingerprint density at radius 1 is 1.58 bits per heavy atom. The summed E-state index contributed by atoms with van der Waals surface area (Å²) < 4.78 is 0. The van der Waals surface area contributed by atoms with E-state index >= 15 is 0 Å². The van der Waals surface area contributed by atoms with Crippen molar-refractivity contribution in [1.29, 1.82) is 0 Å². The van der Waals surface area contributed by atoms with Crippen LogP contribution in [0.25, 0.3) is 0 Å². The van der Waals surface area contributed by atoms with Crippen LogP contribution in [0.1, 0.15) is 6.92 Å². The molecule has 3 nitrogen and oxygen atoms in total. The summed E-state index contributed by atoms with van der Waals surface area (Å²) in [6.45, 7) is 1.64. The topological polar surface area (TPSA) is 55.1 Å². The van der Waals surface area contributed by atoms with Crippen molar-refractivity contribution in [2.75, 3.05) is 5.32 Å². The van der Waals surface area contributed by atoms with Crippen molar-refractivity contribution >= 4 is 11.6 Å². The average Bonchev–Trinajstić information content (AvgIpc) is 2.06. The number of carbonyl (C=O) groups is 1. The lowest BCUT2D eigenvalue weighted by atomic mass is 10.3. The molecule has 1 amide bonds. The number of nitrogens with two attached hydrogens (primary N) is 1. The molecule has 0 aromatic heterocycles. The fraction of sp³-hybridized carbons (Fsp3) is 0.222. The first-order valence-electron chi connectivity index (χ1n) is 3.72. The maximum absolute atomic E-state index is 11.1. The van der Waals surface area contributed by atoms with Crippen molar-refractivity contribution in [3.8, 4) is 0 Å². The lowest BCUT2D eigenvalue weighted by molar-refractivity contribution is -0.117. The van der Waals surface area contributed by atoms with E-state index in [1.165, 1.54) is 0 Å². The van der Waals surface area contributed by atoms with Crippen LogP contribution >= 0.6 is 0 Å². The van der Waals surface area contributed by atoms with Crippen molar-refractivity contribution in [3.05, 3.63) is 30.3 Å². The minimum absolute atomic E-state index is 0.179. The molecule has 12 heavy (non-hydrogen) atoms. The second-order valence-corrected chi connectivity index (χ2v) is 2.57. The number of amides is 1. The van der Waals surface area contributed by atoms with Crippen LogP contribution in [-0.4, -0.2) is 11.9 Å². The predicted molar refractivity (Wildman–Crippen MR) is 47.6 cm³/mol. The van der Waals surface area contributed by atoms with E-state index in [1.807, 2.05) is 0 Å². The van der Waals surface area contributed by atoms with Crippen LogP contribution in [0.3, 0.4) is 0 Å². The molecule has 3 N–H and O–H groups in total. The smallest absolute Gasteiger partial charge is 0.240 e. The van der Waals surface area contributed by atoms with Gasteiger partial charge in [-0.15, -0.1) is 0 Å². The molecule has 0 saturated carbocycles. The van der Waals surface area contributed by atoms with Gasteiger partial charge in [0.15, 0.2) is 0 Å². The zero-order valence-electron chi connectivity index (χ0n) is 6.87. The van der Waals surface area contributed by atoms with Gasteiger partial charge in [0.2, 0.25) is 5.91 Å². The van der Waals surface area contributed by atoms with Crippen LogP contribution in [-0.2, 0) is 4.79 Å². The van der Waals surface area contributed by atoms with Gasteiger partial charge in [-0.2, -0.15) is 0 Å². The number of rotatable bonds is 2. The third kappa shape index (κ3) is 2.36. The third-order valence-corrected chi connectivity index (χ3v) is 1.40. The molecular weight excluding hydrogens is 152 g/mol. The summed E-state index contributed by atoms with van der Waals surface area (Å²) in [6.07, 6.45) is 0. The zero-order valence-corrected chi connectivity index (χ0v) is 6.87. The first kappa shape index (κ1) is 8.74. The number of anilines is 1. The largest absolute Gasteiger partial charge is 0.325 e. The fourth-order valence-corrected chi connectivity index (χ4v) is 0.726. The molecule has 0 spiro atoms. The number of benzene rings is 1. The fourth-order valence-electron chi connectivity index (χ4n) is 0.726. The molecule has 0 aliphatic rings. The highest BCUT2D eigenvalue weighted by Crippen LogP contribution is 2.04. The Morgan fingerprint density at radius 2 is 2.17 bits per heavy atom. The van der Waals surface area contributed by atoms with Crippen LogP contribution in [0.5, 0.6) is 0 Å². The second kappa shape index (κ2) is 3.88. The summed E-state index contributed by atoms with van der Waals surface area (Å²) in [4.78, 5) is 11.1. The molecule has 63 valence electrons.